The number of carbonyl (C=O) groups is 3. The number of unbranched alkanes of at least 4 members (excludes halogenated alkanes) is 24. The first-order chi connectivity index (χ1) is 40.0. The Morgan fingerprint density at radius 1 is 0.259 bits per heavy atom. The van der Waals surface area contributed by atoms with Crippen molar-refractivity contribution in [2.75, 3.05) is 13.2 Å². The molecule has 0 aliphatic carbocycles. The molecule has 0 aromatic rings. The van der Waals surface area contributed by atoms with Crippen molar-refractivity contribution < 1.29 is 28.6 Å². The molecule has 0 saturated carbocycles. The van der Waals surface area contributed by atoms with E-state index in [0.29, 0.717) is 19.3 Å². The molecule has 0 spiro atoms. The third-order valence-electron chi connectivity index (χ3n) is 13.8. The molecule has 81 heavy (non-hydrogen) atoms. The van der Waals surface area contributed by atoms with Gasteiger partial charge in [0, 0.05) is 19.3 Å². The molecule has 0 aromatic heterocycles. The summed E-state index contributed by atoms with van der Waals surface area (Å²) < 4.78 is 16.9. The Balaban J connectivity index is 4.46. The quantitative estimate of drug-likeness (QED) is 0.0261. The van der Waals surface area contributed by atoms with Gasteiger partial charge in [0.05, 0.1) is 0 Å². The molecule has 0 heterocycles. The molecule has 458 valence electrons. The molecule has 0 radical (unpaired) electrons. The Hall–Kier alpha value is -4.71. The molecule has 1 atom stereocenters. The first-order valence-corrected chi connectivity index (χ1v) is 33.3. The third kappa shape index (κ3) is 66.0. The van der Waals surface area contributed by atoms with Gasteiger partial charge in [0.25, 0.3) is 0 Å². The van der Waals surface area contributed by atoms with Gasteiger partial charge in [0.15, 0.2) is 6.10 Å². The summed E-state index contributed by atoms with van der Waals surface area (Å²) in [5.74, 6) is -0.932. The molecule has 0 saturated heterocycles. The highest BCUT2D eigenvalue weighted by Gasteiger charge is 2.19. The van der Waals surface area contributed by atoms with Gasteiger partial charge in [-0.2, -0.15) is 0 Å². The fourth-order valence-electron chi connectivity index (χ4n) is 8.88. The van der Waals surface area contributed by atoms with Crippen LogP contribution < -0.4 is 0 Å². The lowest BCUT2D eigenvalue weighted by atomic mass is 10.1. The van der Waals surface area contributed by atoms with Gasteiger partial charge in [-0.05, 0) is 141 Å². The molecular formula is C75H122O6. The summed E-state index contributed by atoms with van der Waals surface area (Å²) in [6.45, 7) is 6.39. The molecule has 0 aliphatic heterocycles. The van der Waals surface area contributed by atoms with E-state index in [1.165, 1.54) is 89.9 Å². The van der Waals surface area contributed by atoms with Gasteiger partial charge in [-0.3, -0.25) is 14.4 Å². The summed E-state index contributed by atoms with van der Waals surface area (Å²) in [5.41, 5.74) is 0. The van der Waals surface area contributed by atoms with Gasteiger partial charge in [-0.25, -0.2) is 0 Å². The van der Waals surface area contributed by atoms with Gasteiger partial charge in [0.2, 0.25) is 0 Å². The number of hydrogen-bond acceptors (Lipinski definition) is 6. The summed E-state index contributed by atoms with van der Waals surface area (Å²) in [4.78, 5) is 38.4. The Labute approximate surface area is 499 Å². The second-order valence-electron chi connectivity index (χ2n) is 21.6. The van der Waals surface area contributed by atoms with E-state index in [1.54, 1.807) is 0 Å². The summed E-state index contributed by atoms with van der Waals surface area (Å²) in [5, 5.41) is 0. The molecule has 0 aromatic carbocycles. The SMILES string of the molecule is CC/C=C\C/C=C\C/C=C\C/C=C\C/C=C\C/C=C\C/C=C\CCCCCCCC(=O)OCC(COC(=O)CCCCCCCCC/C=C\CCCCCCCC)OC(=O)CCCCCCCC/C=C\C/C=C\C/C=C\C/C=C\CC. The number of rotatable bonds is 59. The first-order valence-electron chi connectivity index (χ1n) is 33.3. The molecule has 0 bridgehead atoms. The first kappa shape index (κ1) is 76.3. The molecule has 6 heteroatoms. The van der Waals surface area contributed by atoms with Crippen LogP contribution in [-0.4, -0.2) is 37.2 Å². The van der Waals surface area contributed by atoms with Crippen LogP contribution in [0, 0.1) is 0 Å². The molecule has 0 aliphatic rings. The van der Waals surface area contributed by atoms with Crippen LogP contribution in [-0.2, 0) is 28.6 Å². The molecule has 0 fully saturated rings. The Morgan fingerprint density at radius 3 is 0.765 bits per heavy atom. The average Bonchev–Trinajstić information content (AvgIpc) is 3.47. The predicted molar refractivity (Wildman–Crippen MR) is 352 cm³/mol. The van der Waals surface area contributed by atoms with Crippen molar-refractivity contribution in [2.24, 2.45) is 0 Å². The van der Waals surface area contributed by atoms with E-state index in [-0.39, 0.29) is 31.1 Å². The van der Waals surface area contributed by atoms with Gasteiger partial charge in [0.1, 0.15) is 13.2 Å². The largest absolute Gasteiger partial charge is 0.462 e. The number of hydrogen-bond donors (Lipinski definition) is 0. The minimum atomic E-state index is -0.804. The lowest BCUT2D eigenvalue weighted by Gasteiger charge is -2.18. The van der Waals surface area contributed by atoms with Crippen LogP contribution in [0.4, 0.5) is 0 Å². The fraction of sp³-hybridized carbons (Fsp3) is 0.640. The van der Waals surface area contributed by atoms with Crippen molar-refractivity contribution in [3.05, 3.63) is 146 Å². The average molecular weight is 1120 g/mol. The molecule has 0 amide bonds. The van der Waals surface area contributed by atoms with Crippen LogP contribution in [0.25, 0.3) is 0 Å². The van der Waals surface area contributed by atoms with E-state index in [1.807, 2.05) is 0 Å². The highest BCUT2D eigenvalue weighted by Crippen LogP contribution is 2.15. The van der Waals surface area contributed by atoms with Crippen molar-refractivity contribution >= 4 is 17.9 Å². The van der Waals surface area contributed by atoms with Gasteiger partial charge < -0.3 is 14.2 Å². The zero-order chi connectivity index (χ0) is 58.5. The van der Waals surface area contributed by atoms with Gasteiger partial charge in [-0.15, -0.1) is 0 Å². The fourth-order valence-corrected chi connectivity index (χ4v) is 8.88. The van der Waals surface area contributed by atoms with Crippen molar-refractivity contribution in [1.82, 2.24) is 0 Å². The molecule has 0 N–H and O–H groups in total. The summed E-state index contributed by atoms with van der Waals surface area (Å²) >= 11 is 0. The maximum Gasteiger partial charge on any atom is 0.306 e. The number of esters is 3. The summed E-state index contributed by atoms with van der Waals surface area (Å²) in [6, 6.07) is 0. The van der Waals surface area contributed by atoms with Crippen molar-refractivity contribution in [1.29, 1.82) is 0 Å². The highest BCUT2D eigenvalue weighted by molar-refractivity contribution is 5.71. The smallest absolute Gasteiger partial charge is 0.306 e. The lowest BCUT2D eigenvalue weighted by molar-refractivity contribution is -0.167. The van der Waals surface area contributed by atoms with E-state index in [4.69, 9.17) is 14.2 Å². The molecular weight excluding hydrogens is 997 g/mol. The highest BCUT2D eigenvalue weighted by atomic mass is 16.6. The van der Waals surface area contributed by atoms with Crippen LogP contribution in [0.15, 0.2) is 146 Å². The minimum Gasteiger partial charge on any atom is -0.462 e. The van der Waals surface area contributed by atoms with Crippen LogP contribution >= 0.6 is 0 Å². The predicted octanol–water partition coefficient (Wildman–Crippen LogP) is 23.1. The second kappa shape index (κ2) is 67.8. The number of ether oxygens (including phenoxy) is 3. The van der Waals surface area contributed by atoms with Crippen LogP contribution in [0.1, 0.15) is 290 Å². The maximum absolute atomic E-state index is 12.9. The topological polar surface area (TPSA) is 78.9 Å². The minimum absolute atomic E-state index is 0.0969. The monoisotopic (exact) mass is 1120 g/mol. The lowest BCUT2D eigenvalue weighted by Crippen LogP contribution is -2.30. The molecule has 6 nitrogen and oxygen atoms in total. The number of carbonyl (C=O) groups excluding carboxylic acids is 3. The summed E-state index contributed by atoms with van der Waals surface area (Å²) in [7, 11) is 0. The van der Waals surface area contributed by atoms with E-state index in [0.717, 1.165) is 161 Å². The molecule has 0 rings (SSSR count). The van der Waals surface area contributed by atoms with E-state index < -0.39 is 6.10 Å². The van der Waals surface area contributed by atoms with Crippen LogP contribution in [0.2, 0.25) is 0 Å². The van der Waals surface area contributed by atoms with E-state index in [9.17, 15) is 14.4 Å². The Morgan fingerprint density at radius 2 is 0.481 bits per heavy atom. The maximum atomic E-state index is 12.9. The van der Waals surface area contributed by atoms with E-state index >= 15 is 0 Å². The van der Waals surface area contributed by atoms with Crippen LogP contribution in [0.5, 0.6) is 0 Å². The molecule has 1 unspecified atom stereocenters. The standard InChI is InChI=1S/C75H122O6/c1-4-7-10-13-16-19-22-25-28-31-33-34-35-36-37-38-39-40-42-44-47-50-53-56-59-62-65-68-74(77)80-71-72(70-79-73(76)67-64-61-58-55-52-49-46-43-30-27-24-21-18-15-12-9-6-3)81-75(78)69-66-63-60-57-54-51-48-45-41-32-29-26-23-20-17-14-11-8-5-2/h7-8,10-11,16-17,19-20,25-30,33-34,36-37,39-41,44-45,47,72H,4-6,9,12-15,18,21-24,31-32,35,38,42-43,46,48-71H2,1-3H3/b10-7-,11-8-,19-16-,20-17-,28-25-,29-26-,30-27-,34-33-,37-36-,40-39-,45-41-,47-44-. The summed E-state index contributed by atoms with van der Waals surface area (Å²) in [6.07, 6.45) is 97.0. The Kier molecular flexibility index (Phi) is 63.9. The zero-order valence-corrected chi connectivity index (χ0v) is 52.5. The Bertz CT molecular complexity index is 1760. The van der Waals surface area contributed by atoms with Gasteiger partial charge >= 0.3 is 17.9 Å². The normalized spacial score (nSPS) is 13.1. The van der Waals surface area contributed by atoms with Gasteiger partial charge in [-0.1, -0.05) is 276 Å². The second-order valence-corrected chi connectivity index (χ2v) is 21.6. The van der Waals surface area contributed by atoms with E-state index in [2.05, 4.69) is 167 Å². The number of allylic oxidation sites excluding steroid dienone is 24. The zero-order valence-electron chi connectivity index (χ0n) is 52.5. The van der Waals surface area contributed by atoms with Crippen molar-refractivity contribution in [3.8, 4) is 0 Å². The third-order valence-corrected chi connectivity index (χ3v) is 13.8. The van der Waals surface area contributed by atoms with Crippen LogP contribution in [0.3, 0.4) is 0 Å². The van der Waals surface area contributed by atoms with Crippen molar-refractivity contribution in [2.45, 2.75) is 297 Å². The van der Waals surface area contributed by atoms with Crippen molar-refractivity contribution in [3.63, 3.8) is 0 Å².